The molecule has 3 rings (SSSR count). The Bertz CT molecular complexity index is 1270. The number of aromatic nitrogens is 1. The van der Waals surface area contributed by atoms with Crippen LogP contribution in [0.25, 0.3) is 0 Å². The van der Waals surface area contributed by atoms with Gasteiger partial charge in [0.15, 0.2) is 6.61 Å². The Labute approximate surface area is 269 Å². The summed E-state index contributed by atoms with van der Waals surface area (Å²) in [5.74, 6) is -1.09. The number of aliphatic hydroxyl groups is 1. The Morgan fingerprint density at radius 3 is 2.47 bits per heavy atom. The van der Waals surface area contributed by atoms with E-state index in [0.717, 1.165) is 38.2 Å². The van der Waals surface area contributed by atoms with Crippen molar-refractivity contribution in [2.45, 2.75) is 84.5 Å². The van der Waals surface area contributed by atoms with E-state index in [1.807, 2.05) is 26.3 Å². The van der Waals surface area contributed by atoms with Gasteiger partial charge in [0, 0.05) is 31.1 Å². The van der Waals surface area contributed by atoms with E-state index < -0.39 is 30.0 Å². The molecule has 2 bridgehead atoms. The smallest absolute Gasteiger partial charge is 0.257 e. The molecule has 248 valence electrons. The van der Waals surface area contributed by atoms with Crippen molar-refractivity contribution in [1.29, 1.82) is 0 Å². The van der Waals surface area contributed by atoms with Gasteiger partial charge in [0.2, 0.25) is 17.7 Å². The molecule has 0 radical (unpaired) electrons. The summed E-state index contributed by atoms with van der Waals surface area (Å²) in [4.78, 5) is 59.6. The molecule has 1 aliphatic rings. The lowest BCUT2D eigenvalue weighted by molar-refractivity contribution is -0.134. The Balaban J connectivity index is 1.74. The number of aliphatic hydroxyl groups excluding tert-OH is 1. The number of fused-ring (bicyclic) bond motifs is 2. The normalized spacial score (nSPS) is 21.5. The lowest BCUT2D eigenvalue weighted by atomic mass is 10.0. The molecule has 1 aromatic heterocycles. The average Bonchev–Trinajstić information content (AvgIpc) is 3.39. The Hall–Kier alpha value is -3.55. The second kappa shape index (κ2) is 18.4. The standard InChI is InChI=1S/C32H48N6O6S/c1-21(2)15-26-31(42)37-30(23(4)39)32(43)34-11-5-6-13-38(18-27-22(3)35-20-45-27)14-8-12-33-29(41)19-44-25-10-7-9-24(16-25)17-28(40)36-26/h7,9-10,16,20-21,23,26,30,39H,5-6,8,11-15,17-19H2,1-4H3,(H,33,41)(H,34,43)(H,36,40)(H,37,42)/t23-,26-,30+/m1/s1. The molecule has 12 nitrogen and oxygen atoms in total. The van der Waals surface area contributed by atoms with E-state index in [4.69, 9.17) is 4.74 Å². The van der Waals surface area contributed by atoms with Crippen molar-refractivity contribution in [2.24, 2.45) is 5.92 Å². The number of hydrogen-bond acceptors (Lipinski definition) is 9. The van der Waals surface area contributed by atoms with Crippen molar-refractivity contribution in [2.75, 3.05) is 32.8 Å². The molecule has 0 saturated carbocycles. The van der Waals surface area contributed by atoms with E-state index in [-0.39, 0.29) is 30.8 Å². The summed E-state index contributed by atoms with van der Waals surface area (Å²) in [6.07, 6.45) is 1.46. The van der Waals surface area contributed by atoms with Crippen molar-refractivity contribution >= 4 is 35.0 Å². The summed E-state index contributed by atoms with van der Waals surface area (Å²) in [5.41, 5.74) is 3.50. The lowest BCUT2D eigenvalue weighted by Crippen LogP contribution is -2.57. The molecule has 0 fully saturated rings. The molecule has 0 saturated heterocycles. The largest absolute Gasteiger partial charge is 0.484 e. The molecule has 3 atom stereocenters. The van der Waals surface area contributed by atoms with E-state index >= 15 is 0 Å². The van der Waals surface area contributed by atoms with Crippen LogP contribution in [0.2, 0.25) is 0 Å². The highest BCUT2D eigenvalue weighted by molar-refractivity contribution is 7.09. The van der Waals surface area contributed by atoms with E-state index in [0.29, 0.717) is 37.2 Å². The molecule has 1 aromatic carbocycles. The minimum Gasteiger partial charge on any atom is -0.484 e. The van der Waals surface area contributed by atoms with E-state index in [9.17, 15) is 24.3 Å². The topological polar surface area (TPSA) is 162 Å². The summed E-state index contributed by atoms with van der Waals surface area (Å²) in [7, 11) is 0. The number of thiazole rings is 1. The lowest BCUT2D eigenvalue weighted by Gasteiger charge is -2.26. The molecule has 13 heteroatoms. The number of amides is 4. The third kappa shape index (κ3) is 12.8. The van der Waals surface area contributed by atoms with Crippen LogP contribution < -0.4 is 26.0 Å². The number of carbonyl (C=O) groups excluding carboxylic acids is 4. The second-order valence-electron chi connectivity index (χ2n) is 11.9. The van der Waals surface area contributed by atoms with Crippen LogP contribution in [0, 0.1) is 12.8 Å². The summed E-state index contributed by atoms with van der Waals surface area (Å²) in [6.45, 7) is 10.3. The summed E-state index contributed by atoms with van der Waals surface area (Å²) in [5, 5.41) is 21.5. The van der Waals surface area contributed by atoms with Crippen LogP contribution >= 0.6 is 11.3 Å². The van der Waals surface area contributed by atoms with Gasteiger partial charge in [-0.15, -0.1) is 11.3 Å². The first kappa shape index (κ1) is 35.9. The van der Waals surface area contributed by atoms with Gasteiger partial charge in [-0.25, -0.2) is 4.98 Å². The maximum absolute atomic E-state index is 13.3. The number of nitrogens with one attached hydrogen (secondary N) is 4. The fourth-order valence-electron chi connectivity index (χ4n) is 5.00. The van der Waals surface area contributed by atoms with Crippen molar-refractivity contribution < 1.29 is 29.0 Å². The van der Waals surface area contributed by atoms with Gasteiger partial charge >= 0.3 is 0 Å². The van der Waals surface area contributed by atoms with Gasteiger partial charge in [-0.05, 0) is 69.7 Å². The molecule has 5 N–H and O–H groups in total. The van der Waals surface area contributed by atoms with Crippen molar-refractivity contribution in [3.05, 3.63) is 45.9 Å². The molecule has 4 amide bonds. The van der Waals surface area contributed by atoms with E-state index in [2.05, 4.69) is 31.2 Å². The zero-order valence-electron chi connectivity index (χ0n) is 26.8. The predicted molar refractivity (Wildman–Crippen MR) is 173 cm³/mol. The van der Waals surface area contributed by atoms with Crippen LogP contribution in [0.3, 0.4) is 0 Å². The van der Waals surface area contributed by atoms with Crippen molar-refractivity contribution in [1.82, 2.24) is 31.2 Å². The molecular formula is C32H48N6O6S. The number of hydrogen-bond donors (Lipinski definition) is 5. The molecule has 0 aliphatic carbocycles. The summed E-state index contributed by atoms with van der Waals surface area (Å²) >= 11 is 1.62. The molecule has 45 heavy (non-hydrogen) atoms. The number of ether oxygens (including phenoxy) is 1. The second-order valence-corrected chi connectivity index (χ2v) is 12.9. The van der Waals surface area contributed by atoms with Crippen LogP contribution in [0.5, 0.6) is 5.75 Å². The highest BCUT2D eigenvalue weighted by Crippen LogP contribution is 2.16. The van der Waals surface area contributed by atoms with Gasteiger partial charge in [0.05, 0.1) is 23.7 Å². The monoisotopic (exact) mass is 644 g/mol. The first-order valence-electron chi connectivity index (χ1n) is 15.7. The van der Waals surface area contributed by atoms with Gasteiger partial charge in [-0.1, -0.05) is 26.0 Å². The predicted octanol–water partition coefficient (Wildman–Crippen LogP) is 1.69. The number of nitrogens with zero attached hydrogens (tertiary/aromatic N) is 2. The van der Waals surface area contributed by atoms with Crippen LogP contribution in [0.15, 0.2) is 29.8 Å². The maximum Gasteiger partial charge on any atom is 0.257 e. The third-order valence-electron chi connectivity index (χ3n) is 7.44. The average molecular weight is 645 g/mol. The number of benzene rings is 1. The SMILES string of the molecule is Cc1ncsc1CN1CCCCNC(=O)[C@H]([C@@H](C)O)NC(=O)[C@@H](CC(C)C)NC(=O)Cc2cccc(c2)OCC(=O)NCCC1. The zero-order chi connectivity index (χ0) is 32.8. The summed E-state index contributed by atoms with van der Waals surface area (Å²) in [6, 6.07) is 4.85. The number of aryl methyl sites for hydroxylation is 1. The zero-order valence-corrected chi connectivity index (χ0v) is 27.6. The highest BCUT2D eigenvalue weighted by Gasteiger charge is 2.30. The van der Waals surface area contributed by atoms with Gasteiger partial charge in [0.25, 0.3) is 5.91 Å². The highest BCUT2D eigenvalue weighted by atomic mass is 32.1. The Morgan fingerprint density at radius 1 is 1.00 bits per heavy atom. The first-order valence-corrected chi connectivity index (χ1v) is 16.5. The molecule has 2 aromatic rings. The van der Waals surface area contributed by atoms with Crippen LogP contribution in [0.4, 0.5) is 0 Å². The van der Waals surface area contributed by atoms with Gasteiger partial charge in [0.1, 0.15) is 17.8 Å². The third-order valence-corrected chi connectivity index (χ3v) is 8.36. The minimum absolute atomic E-state index is 0.0108. The molecule has 0 unspecified atom stereocenters. The Morgan fingerprint density at radius 2 is 1.76 bits per heavy atom. The van der Waals surface area contributed by atoms with Crippen LogP contribution in [0.1, 0.15) is 62.6 Å². The van der Waals surface area contributed by atoms with Crippen molar-refractivity contribution in [3.8, 4) is 5.75 Å². The fraction of sp³-hybridized carbons (Fsp3) is 0.594. The van der Waals surface area contributed by atoms with Gasteiger partial charge < -0.3 is 31.1 Å². The van der Waals surface area contributed by atoms with E-state index in [1.54, 1.807) is 35.6 Å². The number of rotatable bonds is 5. The molecular weight excluding hydrogens is 596 g/mol. The molecule has 2 heterocycles. The minimum atomic E-state index is -1.16. The van der Waals surface area contributed by atoms with Crippen LogP contribution in [-0.2, 0) is 32.1 Å². The fourth-order valence-corrected chi connectivity index (χ4v) is 5.82. The first-order chi connectivity index (χ1) is 21.5. The molecule has 0 spiro atoms. The number of carbonyl (C=O) groups is 4. The van der Waals surface area contributed by atoms with Crippen LogP contribution in [-0.4, -0.2) is 89.6 Å². The maximum atomic E-state index is 13.3. The Kier molecular flexibility index (Phi) is 14.7. The van der Waals surface area contributed by atoms with Crippen molar-refractivity contribution in [3.63, 3.8) is 0 Å². The van der Waals surface area contributed by atoms with Gasteiger partial charge in [-0.3, -0.25) is 24.1 Å². The quantitative estimate of drug-likeness (QED) is 0.329. The van der Waals surface area contributed by atoms with Gasteiger partial charge in [-0.2, -0.15) is 0 Å². The molecule has 1 aliphatic heterocycles. The van der Waals surface area contributed by atoms with E-state index in [1.165, 1.54) is 11.8 Å². The summed E-state index contributed by atoms with van der Waals surface area (Å²) < 4.78 is 5.69.